The summed E-state index contributed by atoms with van der Waals surface area (Å²) in [5.41, 5.74) is 1.04. The summed E-state index contributed by atoms with van der Waals surface area (Å²) < 4.78 is 4.99. The smallest absolute Gasteiger partial charge is 0.338 e. The van der Waals surface area contributed by atoms with Crippen molar-refractivity contribution in [1.82, 2.24) is 0 Å². The molecule has 0 spiro atoms. The molecule has 0 bridgehead atoms. The van der Waals surface area contributed by atoms with E-state index in [0.29, 0.717) is 11.3 Å². The maximum absolute atomic E-state index is 13.2. The van der Waals surface area contributed by atoms with Gasteiger partial charge in [-0.25, -0.2) is 4.79 Å². The number of esters is 1. The molecule has 1 fully saturated rings. The van der Waals surface area contributed by atoms with Crippen LogP contribution in [0.4, 0.5) is 11.4 Å². The highest BCUT2D eigenvalue weighted by atomic mass is 16.6. The number of nitro groups is 1. The van der Waals surface area contributed by atoms with Gasteiger partial charge < -0.3 is 9.84 Å². The zero-order valence-electron chi connectivity index (χ0n) is 18.6. The number of rotatable bonds is 6. The fourth-order valence-corrected chi connectivity index (χ4v) is 3.92. The predicted molar refractivity (Wildman–Crippen MR) is 127 cm³/mol. The summed E-state index contributed by atoms with van der Waals surface area (Å²) in [4.78, 5) is 49.9. The Kier molecular flexibility index (Phi) is 6.41. The Bertz CT molecular complexity index is 1330. The van der Waals surface area contributed by atoms with Crippen molar-refractivity contribution in [1.29, 1.82) is 0 Å². The molecule has 3 aromatic rings. The van der Waals surface area contributed by atoms with Crippen molar-refractivity contribution in [2.75, 3.05) is 11.5 Å². The van der Waals surface area contributed by atoms with E-state index >= 15 is 0 Å². The van der Waals surface area contributed by atoms with E-state index in [2.05, 4.69) is 0 Å². The maximum Gasteiger partial charge on any atom is 0.338 e. The van der Waals surface area contributed by atoms with E-state index in [0.717, 1.165) is 0 Å². The van der Waals surface area contributed by atoms with Gasteiger partial charge in [0.25, 0.3) is 17.4 Å². The summed E-state index contributed by atoms with van der Waals surface area (Å²) in [6.07, 6.45) is 0. The number of carbonyl (C=O) groups excluding carboxylic acids is 3. The number of ketones is 1. The van der Waals surface area contributed by atoms with E-state index in [1.165, 1.54) is 53.4 Å². The molecule has 0 saturated carbocycles. The lowest BCUT2D eigenvalue weighted by atomic mass is 9.95. The first kappa shape index (κ1) is 23.4. The Labute approximate surface area is 200 Å². The summed E-state index contributed by atoms with van der Waals surface area (Å²) in [6, 6.07) is 18.8. The van der Waals surface area contributed by atoms with Crippen LogP contribution in [0, 0.1) is 10.1 Å². The molecule has 3 aromatic carbocycles. The molecule has 1 aliphatic rings. The summed E-state index contributed by atoms with van der Waals surface area (Å²) in [5, 5.41) is 22.0. The van der Waals surface area contributed by atoms with Crippen molar-refractivity contribution >= 4 is 34.8 Å². The largest absolute Gasteiger partial charge is 0.507 e. The van der Waals surface area contributed by atoms with Gasteiger partial charge in [0.1, 0.15) is 5.76 Å². The fourth-order valence-electron chi connectivity index (χ4n) is 3.92. The van der Waals surface area contributed by atoms with Gasteiger partial charge >= 0.3 is 5.97 Å². The Morgan fingerprint density at radius 1 is 0.971 bits per heavy atom. The van der Waals surface area contributed by atoms with Crippen LogP contribution in [-0.2, 0) is 14.3 Å². The second-order valence-corrected chi connectivity index (χ2v) is 7.65. The SMILES string of the molecule is CCOC(=O)c1ccc(N2C(=O)C(=O)C(=C(O)c3ccc([N+](=O)[O-])cc3)C2c2ccccc2)cc1. The van der Waals surface area contributed by atoms with Gasteiger partial charge in [-0.2, -0.15) is 0 Å². The quantitative estimate of drug-likeness (QED) is 0.141. The molecule has 9 heteroatoms. The van der Waals surface area contributed by atoms with Crippen LogP contribution in [0.1, 0.15) is 34.5 Å². The monoisotopic (exact) mass is 472 g/mol. The lowest BCUT2D eigenvalue weighted by molar-refractivity contribution is -0.384. The number of non-ortho nitro benzene ring substituents is 1. The van der Waals surface area contributed by atoms with E-state index < -0.39 is 34.4 Å². The van der Waals surface area contributed by atoms with E-state index in [1.54, 1.807) is 37.3 Å². The molecule has 35 heavy (non-hydrogen) atoms. The van der Waals surface area contributed by atoms with Crippen LogP contribution >= 0.6 is 0 Å². The van der Waals surface area contributed by atoms with Gasteiger partial charge in [0, 0.05) is 23.4 Å². The van der Waals surface area contributed by atoms with Crippen molar-refractivity contribution in [2.24, 2.45) is 0 Å². The minimum Gasteiger partial charge on any atom is -0.507 e. The lowest BCUT2D eigenvalue weighted by Crippen LogP contribution is -2.29. The number of hydrogen-bond acceptors (Lipinski definition) is 7. The molecule has 1 atom stereocenters. The summed E-state index contributed by atoms with van der Waals surface area (Å²) >= 11 is 0. The second-order valence-electron chi connectivity index (χ2n) is 7.65. The molecular formula is C26H20N2O7. The fraction of sp³-hybridized carbons (Fsp3) is 0.115. The molecule has 1 heterocycles. The van der Waals surface area contributed by atoms with E-state index in [-0.39, 0.29) is 29.0 Å². The molecule has 1 amide bonds. The number of hydrogen-bond donors (Lipinski definition) is 1. The zero-order valence-corrected chi connectivity index (χ0v) is 18.6. The summed E-state index contributed by atoms with van der Waals surface area (Å²) in [6.45, 7) is 1.91. The third kappa shape index (κ3) is 4.39. The summed E-state index contributed by atoms with van der Waals surface area (Å²) in [7, 11) is 0. The van der Waals surface area contributed by atoms with Crippen LogP contribution in [-0.4, -0.2) is 34.3 Å². The van der Waals surface area contributed by atoms with Crippen LogP contribution in [0.2, 0.25) is 0 Å². The lowest BCUT2D eigenvalue weighted by Gasteiger charge is -2.25. The number of amides is 1. The normalized spacial score (nSPS) is 16.8. The number of nitro benzene ring substituents is 1. The number of carbonyl (C=O) groups is 3. The molecule has 1 N–H and O–H groups in total. The first-order valence-electron chi connectivity index (χ1n) is 10.7. The van der Waals surface area contributed by atoms with E-state index in [4.69, 9.17) is 4.74 Å². The van der Waals surface area contributed by atoms with E-state index in [1.807, 2.05) is 0 Å². The standard InChI is InChI=1S/C26H20N2O7/c1-2-35-26(32)18-10-12-19(13-11-18)27-22(16-6-4-3-5-7-16)21(24(30)25(27)31)23(29)17-8-14-20(15-9-17)28(33)34/h3-15,22,29H,2H2,1H3. The molecule has 1 unspecified atom stereocenters. The van der Waals surface area contributed by atoms with Gasteiger partial charge in [0.15, 0.2) is 0 Å². The van der Waals surface area contributed by atoms with Gasteiger partial charge in [-0.1, -0.05) is 30.3 Å². The van der Waals surface area contributed by atoms with Crippen molar-refractivity contribution in [3.63, 3.8) is 0 Å². The number of nitrogens with zero attached hydrogens (tertiary/aromatic N) is 2. The van der Waals surface area contributed by atoms with Crippen LogP contribution in [0.25, 0.3) is 5.76 Å². The zero-order chi connectivity index (χ0) is 25.1. The van der Waals surface area contributed by atoms with Crippen molar-refractivity contribution in [3.8, 4) is 0 Å². The molecule has 4 rings (SSSR count). The highest BCUT2D eigenvalue weighted by Crippen LogP contribution is 2.42. The number of benzene rings is 3. The van der Waals surface area contributed by atoms with Gasteiger partial charge in [-0.05, 0) is 48.9 Å². The van der Waals surface area contributed by atoms with Crippen molar-refractivity contribution < 1.29 is 29.2 Å². The summed E-state index contributed by atoms with van der Waals surface area (Å²) in [5.74, 6) is -2.72. The van der Waals surface area contributed by atoms with Crippen molar-refractivity contribution in [2.45, 2.75) is 13.0 Å². The Morgan fingerprint density at radius 3 is 2.14 bits per heavy atom. The Balaban J connectivity index is 1.83. The van der Waals surface area contributed by atoms with Crippen molar-refractivity contribution in [3.05, 3.63) is 111 Å². The highest BCUT2D eigenvalue weighted by molar-refractivity contribution is 6.51. The second kappa shape index (κ2) is 9.60. The third-order valence-corrected chi connectivity index (χ3v) is 5.57. The average molecular weight is 472 g/mol. The number of aliphatic hydroxyl groups excluding tert-OH is 1. The molecule has 9 nitrogen and oxygen atoms in total. The minimum atomic E-state index is -0.958. The topological polar surface area (TPSA) is 127 Å². The Morgan fingerprint density at radius 2 is 1.57 bits per heavy atom. The van der Waals surface area contributed by atoms with Gasteiger partial charge in [0.2, 0.25) is 0 Å². The molecule has 1 saturated heterocycles. The van der Waals surface area contributed by atoms with Gasteiger partial charge in [-0.3, -0.25) is 24.6 Å². The number of anilines is 1. The van der Waals surface area contributed by atoms with Crippen LogP contribution in [0.5, 0.6) is 0 Å². The van der Waals surface area contributed by atoms with Crippen LogP contribution in [0.3, 0.4) is 0 Å². The first-order valence-corrected chi connectivity index (χ1v) is 10.7. The molecular weight excluding hydrogens is 452 g/mol. The molecule has 0 aromatic heterocycles. The van der Waals surface area contributed by atoms with Gasteiger partial charge in [0.05, 0.1) is 28.7 Å². The Hall–Kier alpha value is -4.79. The number of Topliss-reactive ketones (excluding diaryl/α,β-unsaturated/α-hetero) is 1. The maximum atomic E-state index is 13.2. The van der Waals surface area contributed by atoms with Crippen LogP contribution < -0.4 is 4.90 Å². The molecule has 1 aliphatic heterocycles. The predicted octanol–water partition coefficient (Wildman–Crippen LogP) is 4.40. The third-order valence-electron chi connectivity index (χ3n) is 5.57. The minimum absolute atomic E-state index is 0.149. The molecule has 176 valence electrons. The molecule has 0 radical (unpaired) electrons. The highest BCUT2D eigenvalue weighted by Gasteiger charge is 2.46. The van der Waals surface area contributed by atoms with E-state index in [9.17, 15) is 29.6 Å². The number of aliphatic hydroxyl groups is 1. The first-order chi connectivity index (χ1) is 16.8. The van der Waals surface area contributed by atoms with Gasteiger partial charge in [-0.15, -0.1) is 0 Å². The average Bonchev–Trinajstić information content (AvgIpc) is 3.14. The number of ether oxygens (including phenoxy) is 1. The van der Waals surface area contributed by atoms with Crippen LogP contribution in [0.15, 0.2) is 84.4 Å². The molecule has 0 aliphatic carbocycles.